The van der Waals surface area contributed by atoms with Gasteiger partial charge in [-0.1, -0.05) is 0 Å². The quantitative estimate of drug-likeness (QED) is 0.332. The van der Waals surface area contributed by atoms with Crippen LogP contribution < -0.4 is 18.9 Å². The van der Waals surface area contributed by atoms with Crippen molar-refractivity contribution in [1.29, 1.82) is 0 Å². The third-order valence-corrected chi connectivity index (χ3v) is 1.25. The molecule has 0 aliphatic carbocycles. The predicted molar refractivity (Wildman–Crippen MR) is 33.8 cm³/mol. The Hall–Kier alpha value is 0.257. The molecule has 0 aromatic rings. The zero-order chi connectivity index (χ0) is 6.53. The largest absolute Gasteiger partial charge is 1.00 e. The first-order chi connectivity index (χ1) is 4.43. The van der Waals surface area contributed by atoms with Crippen LogP contribution >= 0.6 is 0 Å². The first kappa shape index (κ1) is 10.3. The normalized spacial score (nSPS) is 18.4. The van der Waals surface area contributed by atoms with Gasteiger partial charge in [0, 0.05) is 0 Å². The monoisotopic (exact) mass is 134 g/mol. The van der Waals surface area contributed by atoms with Gasteiger partial charge in [-0.15, -0.1) is 0 Å². The van der Waals surface area contributed by atoms with E-state index in [1.807, 2.05) is 0 Å². The van der Waals surface area contributed by atoms with Gasteiger partial charge in [0.2, 0.25) is 0 Å². The summed E-state index contributed by atoms with van der Waals surface area (Å²) in [5, 5.41) is 0. The van der Waals surface area contributed by atoms with Gasteiger partial charge in [0.05, 0.1) is 13.2 Å². The molecule has 1 rings (SSSR count). The average molecular weight is 134 g/mol. The first-order valence-electron chi connectivity index (χ1n) is 3.16. The van der Waals surface area contributed by atoms with E-state index < -0.39 is 0 Å². The molecule has 1 aliphatic heterocycles. The molecule has 1 aliphatic rings. The van der Waals surface area contributed by atoms with Crippen LogP contribution in [0, 0.1) is 6.08 Å². The van der Waals surface area contributed by atoms with E-state index >= 15 is 0 Å². The van der Waals surface area contributed by atoms with E-state index in [9.17, 15) is 0 Å². The Morgan fingerprint density at radius 3 is 2.50 bits per heavy atom. The van der Waals surface area contributed by atoms with Crippen LogP contribution in [0.15, 0.2) is 6.58 Å². The van der Waals surface area contributed by atoms with Crippen LogP contribution in [0.3, 0.4) is 0 Å². The van der Waals surface area contributed by atoms with Gasteiger partial charge >= 0.3 is 18.9 Å². The molecule has 0 amide bonds. The van der Waals surface area contributed by atoms with Crippen molar-refractivity contribution < 1.29 is 28.3 Å². The summed E-state index contributed by atoms with van der Waals surface area (Å²) in [7, 11) is 0. The summed E-state index contributed by atoms with van der Waals surface area (Å²) >= 11 is 0. The van der Waals surface area contributed by atoms with Gasteiger partial charge < -0.3 is 15.5 Å². The Morgan fingerprint density at radius 2 is 2.00 bits per heavy atom. The fourth-order valence-corrected chi connectivity index (χ4v) is 0.794. The topological polar surface area (TPSA) is 18.5 Å². The van der Waals surface area contributed by atoms with E-state index in [0.29, 0.717) is 0 Å². The summed E-state index contributed by atoms with van der Waals surface area (Å²) in [5.41, 5.74) is 0. The zero-order valence-electron chi connectivity index (χ0n) is 6.43. The maximum atomic E-state index is 5.16. The zero-order valence-corrected chi connectivity index (χ0v) is 6.43. The van der Waals surface area contributed by atoms with Crippen molar-refractivity contribution in [2.24, 2.45) is 0 Å². The Bertz CT molecular complexity index is 89.6. The number of hydrogen-bond acceptors (Lipinski definition) is 2. The van der Waals surface area contributed by atoms with Gasteiger partial charge in [0.1, 0.15) is 0 Å². The summed E-state index contributed by atoms with van der Waals surface area (Å²) in [6.07, 6.45) is 4.54. The molecule has 0 saturated carbocycles. The van der Waals surface area contributed by atoms with Crippen molar-refractivity contribution in [1.82, 2.24) is 0 Å². The second-order valence-corrected chi connectivity index (χ2v) is 1.96. The number of allylic oxidation sites excluding steroid dienone is 1. The van der Waals surface area contributed by atoms with Gasteiger partial charge in [-0.25, -0.2) is 0 Å². The molecular weight excluding hydrogens is 123 g/mol. The molecule has 0 spiro atoms. The molecule has 1 saturated heterocycles. The van der Waals surface area contributed by atoms with Crippen LogP contribution in [0.5, 0.6) is 0 Å². The molecule has 0 N–H and O–H groups in total. The molecule has 1 fully saturated rings. The van der Waals surface area contributed by atoms with Crippen molar-refractivity contribution in [2.75, 3.05) is 13.2 Å². The third-order valence-electron chi connectivity index (χ3n) is 1.25. The van der Waals surface area contributed by atoms with E-state index in [1.165, 1.54) is 0 Å². The molecule has 3 heteroatoms. The second kappa shape index (κ2) is 6.00. The smallest absolute Gasteiger partial charge is 0.504 e. The van der Waals surface area contributed by atoms with Crippen molar-refractivity contribution in [2.45, 2.75) is 19.1 Å². The Kier molecular flexibility index (Phi) is 6.15. The van der Waals surface area contributed by atoms with Crippen molar-refractivity contribution >= 4 is 0 Å². The Labute approximate surface area is 73.8 Å². The van der Waals surface area contributed by atoms with E-state index in [2.05, 4.69) is 12.7 Å². The van der Waals surface area contributed by atoms with E-state index in [0.717, 1.165) is 26.1 Å². The Balaban J connectivity index is 0.000000810. The summed E-state index contributed by atoms with van der Waals surface area (Å²) in [4.78, 5) is 0. The molecule has 0 atom stereocenters. The van der Waals surface area contributed by atoms with Crippen LogP contribution in [-0.2, 0) is 9.47 Å². The second-order valence-electron chi connectivity index (χ2n) is 1.96. The molecule has 0 aromatic carbocycles. The summed E-state index contributed by atoms with van der Waals surface area (Å²) in [6, 6.07) is 0. The Morgan fingerprint density at radius 1 is 1.40 bits per heavy atom. The van der Waals surface area contributed by atoms with E-state index in [4.69, 9.17) is 9.47 Å². The number of ether oxygens (including phenoxy) is 2. The average Bonchev–Trinajstić information content (AvgIpc) is 2.34. The van der Waals surface area contributed by atoms with Crippen LogP contribution in [0.4, 0.5) is 0 Å². The molecule has 1 heterocycles. The van der Waals surface area contributed by atoms with Crippen LogP contribution in [-0.4, -0.2) is 19.5 Å². The molecule has 52 valence electrons. The van der Waals surface area contributed by atoms with Gasteiger partial charge in [-0.05, 0) is 6.42 Å². The minimum atomic E-state index is 0. The summed E-state index contributed by atoms with van der Waals surface area (Å²) < 4.78 is 10.3. The standard InChI is InChI=1S/C7H11O2.Li/c1-2-3-4-7-8-5-6-9-7;/h7H,1,3-6H2;/q-1;+1. The fourth-order valence-electron chi connectivity index (χ4n) is 0.794. The van der Waals surface area contributed by atoms with Gasteiger partial charge in [-0.3, -0.25) is 6.58 Å². The molecule has 0 aromatic heterocycles. The molecule has 0 bridgehead atoms. The van der Waals surface area contributed by atoms with Crippen LogP contribution in [0.1, 0.15) is 12.8 Å². The maximum Gasteiger partial charge on any atom is 1.00 e. The minimum absolute atomic E-state index is 0. The van der Waals surface area contributed by atoms with Gasteiger partial charge in [-0.2, -0.15) is 6.42 Å². The molecule has 10 heavy (non-hydrogen) atoms. The maximum absolute atomic E-state index is 5.16. The molecule has 0 radical (unpaired) electrons. The van der Waals surface area contributed by atoms with Crippen molar-refractivity contribution in [3.8, 4) is 0 Å². The molecule has 0 unspecified atom stereocenters. The summed E-state index contributed by atoms with van der Waals surface area (Å²) in [6.45, 7) is 4.96. The third kappa shape index (κ3) is 3.43. The number of rotatable bonds is 3. The van der Waals surface area contributed by atoms with E-state index in [-0.39, 0.29) is 25.2 Å². The fraction of sp³-hybridized carbons (Fsp3) is 0.714. The van der Waals surface area contributed by atoms with E-state index in [1.54, 1.807) is 0 Å². The SMILES string of the molecule is C=[C-]CCC1OCCO1.[Li+]. The molecular formula is C7H11LiO2. The predicted octanol–water partition coefficient (Wildman–Crippen LogP) is -1.87. The van der Waals surface area contributed by atoms with Crippen LogP contribution in [0.2, 0.25) is 0 Å². The van der Waals surface area contributed by atoms with Gasteiger partial charge in [0.25, 0.3) is 0 Å². The van der Waals surface area contributed by atoms with Crippen molar-refractivity contribution in [3.63, 3.8) is 0 Å². The van der Waals surface area contributed by atoms with Crippen molar-refractivity contribution in [3.05, 3.63) is 12.7 Å². The molecule has 2 nitrogen and oxygen atoms in total. The summed E-state index contributed by atoms with van der Waals surface area (Å²) in [5.74, 6) is 0. The van der Waals surface area contributed by atoms with Gasteiger partial charge in [0.15, 0.2) is 6.29 Å². The van der Waals surface area contributed by atoms with Crippen LogP contribution in [0.25, 0.3) is 0 Å². The number of hydrogen-bond donors (Lipinski definition) is 0. The minimum Gasteiger partial charge on any atom is -0.504 e. The first-order valence-corrected chi connectivity index (χ1v) is 3.16.